The lowest BCUT2D eigenvalue weighted by Crippen LogP contribution is -2.18. The molecule has 3 nitrogen and oxygen atoms in total. The first-order valence-electron chi connectivity index (χ1n) is 8.73. The summed E-state index contributed by atoms with van der Waals surface area (Å²) >= 11 is 5.93. The normalized spacial score (nSPS) is 13.3. The molecule has 0 aliphatic carbocycles. The highest BCUT2D eigenvalue weighted by molar-refractivity contribution is 6.30. The Morgan fingerprint density at radius 2 is 1.54 bits per heavy atom. The minimum atomic E-state index is 0.730. The van der Waals surface area contributed by atoms with E-state index in [9.17, 15) is 0 Å². The molecular formula is C22H18ClN3. The van der Waals surface area contributed by atoms with Crippen molar-refractivity contribution in [1.82, 2.24) is 9.97 Å². The molecule has 1 aromatic carbocycles. The summed E-state index contributed by atoms with van der Waals surface area (Å²) in [7, 11) is 0. The number of nitrogens with zero attached hydrogens (tertiary/aromatic N) is 3. The summed E-state index contributed by atoms with van der Waals surface area (Å²) in [6.07, 6.45) is 6.17. The molecule has 3 aromatic rings. The van der Waals surface area contributed by atoms with Crippen LogP contribution in [0.2, 0.25) is 5.02 Å². The maximum absolute atomic E-state index is 5.93. The van der Waals surface area contributed by atoms with Gasteiger partial charge in [0.05, 0.1) is 0 Å². The largest absolute Gasteiger partial charge is 0.357 e. The summed E-state index contributed by atoms with van der Waals surface area (Å²) in [5.41, 5.74) is 3.77. The van der Waals surface area contributed by atoms with Crippen LogP contribution in [-0.2, 0) is 0 Å². The zero-order valence-electron chi connectivity index (χ0n) is 14.3. The Morgan fingerprint density at radius 1 is 0.769 bits per heavy atom. The number of hydrogen-bond acceptors (Lipinski definition) is 3. The van der Waals surface area contributed by atoms with Crippen molar-refractivity contribution in [2.45, 2.75) is 12.8 Å². The molecular weight excluding hydrogens is 342 g/mol. The van der Waals surface area contributed by atoms with Crippen LogP contribution in [-0.4, -0.2) is 23.1 Å². The van der Waals surface area contributed by atoms with E-state index < -0.39 is 0 Å². The molecule has 2 aromatic heterocycles. The van der Waals surface area contributed by atoms with Crippen LogP contribution in [0.3, 0.4) is 0 Å². The summed E-state index contributed by atoms with van der Waals surface area (Å²) in [6, 6.07) is 15.8. The highest BCUT2D eigenvalue weighted by atomic mass is 35.5. The molecule has 0 unspecified atom stereocenters. The van der Waals surface area contributed by atoms with Crippen LogP contribution in [0, 0.1) is 11.8 Å². The first-order valence-corrected chi connectivity index (χ1v) is 9.11. The van der Waals surface area contributed by atoms with E-state index in [0.29, 0.717) is 0 Å². The van der Waals surface area contributed by atoms with E-state index in [1.54, 1.807) is 0 Å². The van der Waals surface area contributed by atoms with Crippen molar-refractivity contribution in [2.24, 2.45) is 0 Å². The van der Waals surface area contributed by atoms with Crippen LogP contribution in [0.5, 0.6) is 0 Å². The van der Waals surface area contributed by atoms with Crippen molar-refractivity contribution in [2.75, 3.05) is 18.0 Å². The average Bonchev–Trinajstić information content (AvgIpc) is 3.23. The number of anilines is 1. The molecule has 0 atom stereocenters. The second-order valence-electron chi connectivity index (χ2n) is 6.29. The van der Waals surface area contributed by atoms with Gasteiger partial charge in [-0.2, -0.15) is 0 Å². The third-order valence-electron chi connectivity index (χ3n) is 4.45. The van der Waals surface area contributed by atoms with Gasteiger partial charge in [0.15, 0.2) is 0 Å². The van der Waals surface area contributed by atoms with Crippen LogP contribution >= 0.6 is 11.6 Å². The van der Waals surface area contributed by atoms with Gasteiger partial charge in [0.2, 0.25) is 0 Å². The molecule has 0 N–H and O–H groups in total. The molecule has 0 radical (unpaired) electrons. The van der Waals surface area contributed by atoms with E-state index in [1.807, 2.05) is 60.9 Å². The van der Waals surface area contributed by atoms with Crippen molar-refractivity contribution in [3.63, 3.8) is 0 Å². The molecule has 4 rings (SSSR count). The average molecular weight is 360 g/mol. The van der Waals surface area contributed by atoms with Gasteiger partial charge in [0.1, 0.15) is 11.5 Å². The van der Waals surface area contributed by atoms with Gasteiger partial charge in [-0.05, 0) is 54.7 Å². The van der Waals surface area contributed by atoms with Crippen molar-refractivity contribution < 1.29 is 0 Å². The number of aromatic nitrogens is 2. The SMILES string of the molecule is Clc1ccc(-c2ccc(C#Cc3ccc(N4CCCC4)nc3)nc2)cc1. The number of hydrogen-bond donors (Lipinski definition) is 0. The predicted octanol–water partition coefficient (Wildman–Crippen LogP) is 4.80. The van der Waals surface area contributed by atoms with Crippen molar-refractivity contribution in [1.29, 1.82) is 0 Å². The fourth-order valence-corrected chi connectivity index (χ4v) is 3.14. The van der Waals surface area contributed by atoms with E-state index in [-0.39, 0.29) is 0 Å². The molecule has 128 valence electrons. The lowest BCUT2D eigenvalue weighted by Gasteiger charge is -2.15. The predicted molar refractivity (Wildman–Crippen MR) is 106 cm³/mol. The van der Waals surface area contributed by atoms with Crippen LogP contribution in [0.1, 0.15) is 24.1 Å². The van der Waals surface area contributed by atoms with Gasteiger partial charge >= 0.3 is 0 Å². The topological polar surface area (TPSA) is 29.0 Å². The first-order chi connectivity index (χ1) is 12.8. The molecule has 1 saturated heterocycles. The molecule has 1 aliphatic rings. The molecule has 0 spiro atoms. The monoisotopic (exact) mass is 359 g/mol. The second kappa shape index (κ2) is 7.59. The fraction of sp³-hybridized carbons (Fsp3) is 0.182. The third kappa shape index (κ3) is 3.87. The summed E-state index contributed by atoms with van der Waals surface area (Å²) in [5.74, 6) is 7.28. The van der Waals surface area contributed by atoms with E-state index in [1.165, 1.54) is 12.8 Å². The van der Waals surface area contributed by atoms with Gasteiger partial charge in [-0.25, -0.2) is 9.97 Å². The second-order valence-corrected chi connectivity index (χ2v) is 6.72. The minimum absolute atomic E-state index is 0.730. The van der Waals surface area contributed by atoms with Crippen LogP contribution in [0.15, 0.2) is 60.9 Å². The first kappa shape index (κ1) is 16.6. The number of rotatable bonds is 2. The highest BCUT2D eigenvalue weighted by Gasteiger charge is 2.12. The quantitative estimate of drug-likeness (QED) is 0.615. The Bertz CT molecular complexity index is 930. The number of pyridine rings is 2. The molecule has 0 bridgehead atoms. The lowest BCUT2D eigenvalue weighted by molar-refractivity contribution is 0.937. The van der Waals surface area contributed by atoms with Crippen LogP contribution < -0.4 is 4.90 Å². The lowest BCUT2D eigenvalue weighted by atomic mass is 10.1. The maximum Gasteiger partial charge on any atom is 0.128 e. The van der Waals surface area contributed by atoms with Crippen LogP contribution in [0.4, 0.5) is 5.82 Å². The standard InChI is InChI=1S/C22H18ClN3/c23-20-8-5-18(6-9-20)19-7-11-21(24-16-19)10-3-17-4-12-22(25-15-17)26-13-1-2-14-26/h4-9,11-12,15-16H,1-2,13-14H2. The minimum Gasteiger partial charge on any atom is -0.357 e. The summed E-state index contributed by atoms with van der Waals surface area (Å²) in [4.78, 5) is 11.3. The maximum atomic E-state index is 5.93. The van der Waals surface area contributed by atoms with Crippen molar-refractivity contribution >= 4 is 17.4 Å². The van der Waals surface area contributed by atoms with E-state index >= 15 is 0 Å². The van der Waals surface area contributed by atoms with Crippen LogP contribution in [0.25, 0.3) is 11.1 Å². The summed E-state index contributed by atoms with van der Waals surface area (Å²) < 4.78 is 0. The molecule has 3 heterocycles. The van der Waals surface area contributed by atoms with E-state index in [0.717, 1.165) is 46.3 Å². The Hall–Kier alpha value is -2.83. The number of benzene rings is 1. The van der Waals surface area contributed by atoms with Gasteiger partial charge in [-0.15, -0.1) is 0 Å². The molecule has 0 saturated carbocycles. The molecule has 26 heavy (non-hydrogen) atoms. The van der Waals surface area contributed by atoms with Crippen molar-refractivity contribution in [3.05, 3.63) is 77.2 Å². The Kier molecular flexibility index (Phi) is 4.86. The molecule has 0 amide bonds. The smallest absolute Gasteiger partial charge is 0.128 e. The highest BCUT2D eigenvalue weighted by Crippen LogP contribution is 2.21. The summed E-state index contributed by atoms with van der Waals surface area (Å²) in [6.45, 7) is 2.20. The molecule has 1 aliphatic heterocycles. The Morgan fingerprint density at radius 3 is 2.19 bits per heavy atom. The van der Waals surface area contributed by atoms with Gasteiger partial charge in [-0.3, -0.25) is 0 Å². The fourth-order valence-electron chi connectivity index (χ4n) is 3.01. The molecule has 1 fully saturated rings. The van der Waals surface area contributed by atoms with Gasteiger partial charge in [0, 0.05) is 41.6 Å². The van der Waals surface area contributed by atoms with Gasteiger partial charge < -0.3 is 4.90 Å². The third-order valence-corrected chi connectivity index (χ3v) is 4.71. The molecule has 4 heteroatoms. The van der Waals surface area contributed by atoms with Gasteiger partial charge in [0.25, 0.3) is 0 Å². The Labute approximate surface area is 158 Å². The number of halogens is 1. The van der Waals surface area contributed by atoms with Gasteiger partial charge in [-0.1, -0.05) is 35.7 Å². The summed E-state index contributed by atoms with van der Waals surface area (Å²) in [5, 5.41) is 0.730. The zero-order valence-corrected chi connectivity index (χ0v) is 15.1. The zero-order chi connectivity index (χ0) is 17.8. The Balaban J connectivity index is 1.46. The van der Waals surface area contributed by atoms with Crippen molar-refractivity contribution in [3.8, 4) is 23.0 Å². The van der Waals surface area contributed by atoms with E-state index in [4.69, 9.17) is 11.6 Å². The van der Waals surface area contributed by atoms with E-state index in [2.05, 4.69) is 26.7 Å².